The number of benzene rings is 1. The van der Waals surface area contributed by atoms with Crippen LogP contribution in [0.5, 0.6) is 0 Å². The Morgan fingerprint density at radius 3 is 2.25 bits per heavy atom. The zero-order valence-corrected chi connectivity index (χ0v) is 13.8. The maximum Gasteiger partial charge on any atom is 0.254 e. The predicted octanol–water partition coefficient (Wildman–Crippen LogP) is 1.92. The third-order valence-corrected chi connectivity index (χ3v) is 4.45. The minimum atomic E-state index is 0.00315. The molecule has 2 heterocycles. The molecule has 2 aromatic rings. The molecule has 0 bridgehead atoms. The first-order chi connectivity index (χ1) is 11.6. The Bertz CT molecular complexity index is 722. The van der Waals surface area contributed by atoms with Crippen LogP contribution in [0.2, 0.25) is 0 Å². The molecule has 1 aromatic carbocycles. The second kappa shape index (κ2) is 7.25. The maximum absolute atomic E-state index is 12.5. The lowest BCUT2D eigenvalue weighted by Crippen LogP contribution is -2.51. The molecule has 1 aromatic heterocycles. The van der Waals surface area contributed by atoms with Gasteiger partial charge >= 0.3 is 0 Å². The van der Waals surface area contributed by atoms with Gasteiger partial charge in [-0.3, -0.25) is 14.6 Å². The lowest BCUT2D eigenvalue weighted by atomic mass is 10.1. The van der Waals surface area contributed by atoms with Gasteiger partial charge in [0.2, 0.25) is 5.91 Å². The highest BCUT2D eigenvalue weighted by Gasteiger charge is 2.24. The van der Waals surface area contributed by atoms with Crippen LogP contribution in [0.4, 0.5) is 0 Å². The van der Waals surface area contributed by atoms with E-state index in [-0.39, 0.29) is 11.8 Å². The van der Waals surface area contributed by atoms with Crippen molar-refractivity contribution in [2.45, 2.75) is 13.3 Å². The van der Waals surface area contributed by atoms with Crippen LogP contribution in [-0.4, -0.2) is 52.8 Å². The smallest absolute Gasteiger partial charge is 0.254 e. The van der Waals surface area contributed by atoms with Crippen molar-refractivity contribution in [1.82, 2.24) is 14.8 Å². The third kappa shape index (κ3) is 3.62. The van der Waals surface area contributed by atoms with Crippen LogP contribution in [-0.2, 0) is 11.2 Å². The van der Waals surface area contributed by atoms with Gasteiger partial charge in [-0.15, -0.1) is 0 Å². The number of carbonyl (C=O) groups is 2. The summed E-state index contributed by atoms with van der Waals surface area (Å²) >= 11 is 0. The van der Waals surface area contributed by atoms with Gasteiger partial charge in [-0.25, -0.2) is 0 Å². The molecule has 0 spiro atoms. The SMILES string of the molecule is Cc1ccccc1CC(=O)N1CCN(C(=O)c2ccncc2)CC1. The van der Waals surface area contributed by atoms with Crippen LogP contribution < -0.4 is 0 Å². The summed E-state index contributed by atoms with van der Waals surface area (Å²) in [6.07, 6.45) is 3.66. The number of nitrogens with zero attached hydrogens (tertiary/aromatic N) is 3. The van der Waals surface area contributed by atoms with E-state index in [1.807, 2.05) is 36.1 Å². The number of hydrogen-bond acceptors (Lipinski definition) is 3. The Kier molecular flexibility index (Phi) is 4.89. The molecule has 0 aliphatic carbocycles. The van der Waals surface area contributed by atoms with E-state index < -0.39 is 0 Å². The van der Waals surface area contributed by atoms with Crippen molar-refractivity contribution >= 4 is 11.8 Å². The van der Waals surface area contributed by atoms with Crippen molar-refractivity contribution in [2.75, 3.05) is 26.2 Å². The zero-order chi connectivity index (χ0) is 16.9. The first-order valence-electron chi connectivity index (χ1n) is 8.17. The molecular weight excluding hydrogens is 302 g/mol. The lowest BCUT2D eigenvalue weighted by molar-refractivity contribution is -0.131. The van der Waals surface area contributed by atoms with Gasteiger partial charge < -0.3 is 9.80 Å². The molecule has 1 aliphatic rings. The Hall–Kier alpha value is -2.69. The summed E-state index contributed by atoms with van der Waals surface area (Å²) < 4.78 is 0. The summed E-state index contributed by atoms with van der Waals surface area (Å²) in [6.45, 7) is 4.33. The Morgan fingerprint density at radius 2 is 1.58 bits per heavy atom. The van der Waals surface area contributed by atoms with Crippen LogP contribution >= 0.6 is 0 Å². The number of hydrogen-bond donors (Lipinski definition) is 0. The minimum Gasteiger partial charge on any atom is -0.339 e. The van der Waals surface area contributed by atoms with Crippen LogP contribution in [0.1, 0.15) is 21.5 Å². The zero-order valence-electron chi connectivity index (χ0n) is 13.8. The van der Waals surface area contributed by atoms with Crippen LogP contribution in [0, 0.1) is 6.92 Å². The highest BCUT2D eigenvalue weighted by atomic mass is 16.2. The molecule has 0 N–H and O–H groups in total. The highest BCUT2D eigenvalue weighted by molar-refractivity contribution is 5.94. The molecule has 1 aliphatic heterocycles. The van der Waals surface area contributed by atoms with Crippen molar-refractivity contribution in [3.63, 3.8) is 0 Å². The average molecular weight is 323 g/mol. The summed E-state index contributed by atoms with van der Waals surface area (Å²) in [5.74, 6) is 0.128. The first kappa shape index (κ1) is 16.2. The molecule has 0 atom stereocenters. The van der Waals surface area contributed by atoms with Crippen molar-refractivity contribution in [3.8, 4) is 0 Å². The quantitative estimate of drug-likeness (QED) is 0.867. The van der Waals surface area contributed by atoms with E-state index in [1.165, 1.54) is 0 Å². The van der Waals surface area contributed by atoms with Crippen molar-refractivity contribution < 1.29 is 9.59 Å². The fraction of sp³-hybridized carbons (Fsp3) is 0.316. The number of aromatic nitrogens is 1. The molecule has 5 heteroatoms. The normalized spacial score (nSPS) is 14.5. The number of amides is 2. The van der Waals surface area contributed by atoms with Gasteiger partial charge in [0.15, 0.2) is 0 Å². The molecule has 1 fully saturated rings. The van der Waals surface area contributed by atoms with Gasteiger partial charge in [0.25, 0.3) is 5.91 Å². The molecule has 0 radical (unpaired) electrons. The van der Waals surface area contributed by atoms with Gasteiger partial charge in [0.1, 0.15) is 0 Å². The Balaban J connectivity index is 1.56. The molecule has 0 unspecified atom stereocenters. The van der Waals surface area contributed by atoms with Crippen molar-refractivity contribution in [1.29, 1.82) is 0 Å². The van der Waals surface area contributed by atoms with E-state index in [0.717, 1.165) is 11.1 Å². The van der Waals surface area contributed by atoms with Crippen molar-refractivity contribution in [3.05, 3.63) is 65.5 Å². The van der Waals surface area contributed by atoms with E-state index in [1.54, 1.807) is 29.4 Å². The predicted molar refractivity (Wildman–Crippen MR) is 91.6 cm³/mol. The largest absolute Gasteiger partial charge is 0.339 e. The maximum atomic E-state index is 12.5. The van der Waals surface area contributed by atoms with Crippen molar-refractivity contribution in [2.24, 2.45) is 0 Å². The molecule has 3 rings (SSSR count). The second-order valence-corrected chi connectivity index (χ2v) is 6.01. The molecule has 5 nitrogen and oxygen atoms in total. The summed E-state index contributed by atoms with van der Waals surface area (Å²) in [7, 11) is 0. The number of rotatable bonds is 3. The molecule has 1 saturated heterocycles. The second-order valence-electron chi connectivity index (χ2n) is 6.01. The Labute approximate surface area is 141 Å². The topological polar surface area (TPSA) is 53.5 Å². The fourth-order valence-electron chi connectivity index (χ4n) is 2.92. The van der Waals surface area contributed by atoms with E-state index in [4.69, 9.17) is 0 Å². The summed E-state index contributed by atoms with van der Waals surface area (Å²) in [5, 5.41) is 0. The van der Waals surface area contributed by atoms with Gasteiger partial charge in [-0.05, 0) is 30.2 Å². The third-order valence-electron chi connectivity index (χ3n) is 4.45. The number of carbonyl (C=O) groups excluding carboxylic acids is 2. The minimum absolute atomic E-state index is 0.00315. The van der Waals surface area contributed by atoms with Crippen LogP contribution in [0.25, 0.3) is 0 Å². The molecule has 0 saturated carbocycles. The number of piperazine rings is 1. The molecule has 2 amide bonds. The molecular formula is C19H21N3O2. The molecule has 124 valence electrons. The van der Waals surface area contributed by atoms with Gasteiger partial charge in [0.05, 0.1) is 6.42 Å². The Morgan fingerprint density at radius 1 is 0.958 bits per heavy atom. The van der Waals surface area contributed by atoms with Crippen LogP contribution in [0.3, 0.4) is 0 Å². The lowest BCUT2D eigenvalue weighted by Gasteiger charge is -2.35. The highest BCUT2D eigenvalue weighted by Crippen LogP contribution is 2.12. The molecule has 24 heavy (non-hydrogen) atoms. The van der Waals surface area contributed by atoms with Gasteiger partial charge in [-0.1, -0.05) is 24.3 Å². The van der Waals surface area contributed by atoms with E-state index in [2.05, 4.69) is 4.98 Å². The van der Waals surface area contributed by atoms with E-state index >= 15 is 0 Å². The fourth-order valence-corrected chi connectivity index (χ4v) is 2.92. The average Bonchev–Trinajstić information content (AvgIpc) is 2.64. The van der Waals surface area contributed by atoms with E-state index in [9.17, 15) is 9.59 Å². The summed E-state index contributed by atoms with van der Waals surface area (Å²) in [6, 6.07) is 11.4. The standard InChI is InChI=1S/C19H21N3O2/c1-15-4-2-3-5-17(15)14-18(23)21-10-12-22(13-11-21)19(24)16-6-8-20-9-7-16/h2-9H,10-14H2,1H3. The first-order valence-corrected chi connectivity index (χ1v) is 8.17. The summed E-state index contributed by atoms with van der Waals surface area (Å²) in [5.41, 5.74) is 2.85. The van der Waals surface area contributed by atoms with E-state index in [0.29, 0.717) is 38.2 Å². The summed E-state index contributed by atoms with van der Waals surface area (Å²) in [4.78, 5) is 32.5. The number of aryl methyl sites for hydroxylation is 1. The van der Waals surface area contributed by atoms with Gasteiger partial charge in [0, 0.05) is 44.1 Å². The van der Waals surface area contributed by atoms with Gasteiger partial charge in [-0.2, -0.15) is 0 Å². The number of pyridine rings is 1. The monoisotopic (exact) mass is 323 g/mol. The van der Waals surface area contributed by atoms with Crippen LogP contribution in [0.15, 0.2) is 48.8 Å².